The van der Waals surface area contributed by atoms with Gasteiger partial charge in [-0.25, -0.2) is 0 Å². The SMILES string of the molecule is CC(=O)N[C@]1(C)C[C@H](c2ccc(OCCN3CCCC3=O)cc2)O[C@@H]2C[C@H](C)CC[C@H]21. The molecule has 5 atom stereocenters. The van der Waals surface area contributed by atoms with Crippen molar-refractivity contribution in [3.8, 4) is 5.75 Å². The molecule has 31 heavy (non-hydrogen) atoms. The lowest BCUT2D eigenvalue weighted by atomic mass is 9.66. The Morgan fingerprint density at radius 2 is 2.06 bits per heavy atom. The normalized spacial score (nSPS) is 33.1. The summed E-state index contributed by atoms with van der Waals surface area (Å²) in [6, 6.07) is 8.11. The number of carbonyl (C=O) groups is 2. The van der Waals surface area contributed by atoms with E-state index in [-0.39, 0.29) is 29.6 Å². The maximum Gasteiger partial charge on any atom is 0.222 e. The maximum absolute atomic E-state index is 12.0. The first-order valence-electron chi connectivity index (χ1n) is 11.8. The quantitative estimate of drug-likeness (QED) is 0.747. The van der Waals surface area contributed by atoms with Gasteiger partial charge in [-0.3, -0.25) is 9.59 Å². The fourth-order valence-electron chi connectivity index (χ4n) is 5.74. The Morgan fingerprint density at radius 3 is 2.74 bits per heavy atom. The highest BCUT2D eigenvalue weighted by Crippen LogP contribution is 2.47. The van der Waals surface area contributed by atoms with Crippen LogP contribution in [-0.2, 0) is 14.3 Å². The number of rotatable bonds is 6. The lowest BCUT2D eigenvalue weighted by Crippen LogP contribution is -2.60. The molecule has 6 nitrogen and oxygen atoms in total. The van der Waals surface area contributed by atoms with Crippen LogP contribution in [0.15, 0.2) is 24.3 Å². The van der Waals surface area contributed by atoms with E-state index in [1.807, 2.05) is 17.0 Å². The van der Waals surface area contributed by atoms with Crippen molar-refractivity contribution < 1.29 is 19.1 Å². The Bertz CT molecular complexity index is 795. The van der Waals surface area contributed by atoms with Crippen LogP contribution < -0.4 is 10.1 Å². The minimum atomic E-state index is -0.253. The molecule has 3 aliphatic rings. The van der Waals surface area contributed by atoms with E-state index in [1.54, 1.807) is 6.92 Å². The molecule has 0 spiro atoms. The molecule has 0 bridgehead atoms. The Balaban J connectivity index is 1.40. The van der Waals surface area contributed by atoms with Gasteiger partial charge in [0.2, 0.25) is 11.8 Å². The zero-order valence-electron chi connectivity index (χ0n) is 19.1. The average molecular weight is 429 g/mol. The van der Waals surface area contributed by atoms with E-state index in [4.69, 9.17) is 9.47 Å². The summed E-state index contributed by atoms with van der Waals surface area (Å²) >= 11 is 0. The van der Waals surface area contributed by atoms with E-state index < -0.39 is 0 Å². The van der Waals surface area contributed by atoms with E-state index in [1.165, 1.54) is 6.42 Å². The number of benzene rings is 1. The van der Waals surface area contributed by atoms with Gasteiger partial charge in [0.15, 0.2) is 0 Å². The van der Waals surface area contributed by atoms with Crippen LogP contribution in [0, 0.1) is 11.8 Å². The summed E-state index contributed by atoms with van der Waals surface area (Å²) in [5.74, 6) is 2.08. The molecule has 170 valence electrons. The van der Waals surface area contributed by atoms with Crippen molar-refractivity contribution in [3.05, 3.63) is 29.8 Å². The fourth-order valence-corrected chi connectivity index (χ4v) is 5.74. The molecule has 1 N–H and O–H groups in total. The second-order valence-corrected chi connectivity index (χ2v) is 9.89. The van der Waals surface area contributed by atoms with Gasteiger partial charge in [0, 0.05) is 37.8 Å². The molecule has 2 heterocycles. The number of hydrogen-bond donors (Lipinski definition) is 1. The minimum absolute atomic E-state index is 0.0285. The number of nitrogens with zero attached hydrogens (tertiary/aromatic N) is 1. The van der Waals surface area contributed by atoms with Crippen LogP contribution in [0.2, 0.25) is 0 Å². The van der Waals surface area contributed by atoms with Crippen molar-refractivity contribution >= 4 is 11.8 Å². The molecule has 6 heteroatoms. The molecule has 0 radical (unpaired) electrons. The van der Waals surface area contributed by atoms with Gasteiger partial charge in [0.05, 0.1) is 18.8 Å². The first-order chi connectivity index (χ1) is 14.8. The summed E-state index contributed by atoms with van der Waals surface area (Å²) in [6.07, 6.45) is 5.86. The number of hydrogen-bond acceptors (Lipinski definition) is 4. The lowest BCUT2D eigenvalue weighted by molar-refractivity contribution is -0.153. The average Bonchev–Trinajstić information content (AvgIpc) is 3.12. The molecule has 2 saturated heterocycles. The summed E-state index contributed by atoms with van der Waals surface area (Å²) < 4.78 is 12.4. The van der Waals surface area contributed by atoms with Gasteiger partial charge in [-0.05, 0) is 49.8 Å². The summed E-state index contributed by atoms with van der Waals surface area (Å²) in [7, 11) is 0. The third kappa shape index (κ3) is 5.05. The second kappa shape index (κ2) is 9.19. The molecule has 2 aliphatic heterocycles. The smallest absolute Gasteiger partial charge is 0.222 e. The van der Waals surface area contributed by atoms with Crippen LogP contribution in [0.4, 0.5) is 0 Å². The summed E-state index contributed by atoms with van der Waals surface area (Å²) in [5.41, 5.74) is 0.868. The number of nitrogens with one attached hydrogen (secondary N) is 1. The molecule has 1 aromatic carbocycles. The highest BCUT2D eigenvalue weighted by Gasteiger charge is 2.49. The molecular weight excluding hydrogens is 392 g/mol. The molecule has 1 saturated carbocycles. The monoisotopic (exact) mass is 428 g/mol. The second-order valence-electron chi connectivity index (χ2n) is 9.89. The highest BCUT2D eigenvalue weighted by molar-refractivity contribution is 5.78. The van der Waals surface area contributed by atoms with E-state index in [9.17, 15) is 9.59 Å². The zero-order valence-corrected chi connectivity index (χ0v) is 19.1. The van der Waals surface area contributed by atoms with Gasteiger partial charge in [-0.1, -0.05) is 25.5 Å². The number of fused-ring (bicyclic) bond motifs is 1. The first kappa shape index (κ1) is 22.1. The number of amides is 2. The zero-order chi connectivity index (χ0) is 22.0. The maximum atomic E-state index is 12.0. The van der Waals surface area contributed by atoms with Crippen LogP contribution in [0.25, 0.3) is 0 Å². The molecule has 0 unspecified atom stereocenters. The third-order valence-electron chi connectivity index (χ3n) is 7.34. The van der Waals surface area contributed by atoms with Crippen molar-refractivity contribution in [2.45, 2.75) is 77.0 Å². The Kier molecular flexibility index (Phi) is 6.56. The molecule has 3 fully saturated rings. The van der Waals surface area contributed by atoms with Gasteiger partial charge >= 0.3 is 0 Å². The van der Waals surface area contributed by atoms with E-state index in [2.05, 4.69) is 31.3 Å². The lowest BCUT2D eigenvalue weighted by Gasteiger charge is -2.52. The van der Waals surface area contributed by atoms with Crippen LogP contribution >= 0.6 is 0 Å². The summed E-state index contributed by atoms with van der Waals surface area (Å²) in [5, 5.41) is 3.27. The molecule has 1 aromatic rings. The van der Waals surface area contributed by atoms with Crippen molar-refractivity contribution in [2.75, 3.05) is 19.7 Å². The van der Waals surface area contributed by atoms with Gasteiger partial charge in [0.25, 0.3) is 0 Å². The van der Waals surface area contributed by atoms with Crippen molar-refractivity contribution in [1.29, 1.82) is 0 Å². The van der Waals surface area contributed by atoms with Crippen molar-refractivity contribution in [3.63, 3.8) is 0 Å². The van der Waals surface area contributed by atoms with E-state index in [0.717, 1.165) is 43.5 Å². The summed E-state index contributed by atoms with van der Waals surface area (Å²) in [4.78, 5) is 25.5. The topological polar surface area (TPSA) is 67.9 Å². The van der Waals surface area contributed by atoms with Crippen LogP contribution in [0.1, 0.15) is 71.0 Å². The summed E-state index contributed by atoms with van der Waals surface area (Å²) in [6.45, 7) is 8.08. The van der Waals surface area contributed by atoms with E-state index in [0.29, 0.717) is 31.4 Å². The minimum Gasteiger partial charge on any atom is -0.492 e. The number of ether oxygens (including phenoxy) is 2. The first-order valence-corrected chi connectivity index (χ1v) is 11.8. The standard InChI is InChI=1S/C25H36N2O4/c1-17-6-11-21-22(15-17)31-23(16-25(21,3)26-18(2)28)19-7-9-20(10-8-19)30-14-13-27-12-4-5-24(27)29/h7-10,17,21-23H,4-6,11-16H2,1-3H3,(H,26,28)/t17-,21-,22-,23-,25-/m1/s1. The van der Waals surface area contributed by atoms with Crippen LogP contribution in [0.3, 0.4) is 0 Å². The highest BCUT2D eigenvalue weighted by atomic mass is 16.5. The number of carbonyl (C=O) groups excluding carboxylic acids is 2. The van der Waals surface area contributed by atoms with Gasteiger partial charge in [0.1, 0.15) is 12.4 Å². The number of likely N-dealkylation sites (tertiary alicyclic amines) is 1. The van der Waals surface area contributed by atoms with Crippen LogP contribution in [-0.4, -0.2) is 48.1 Å². The Morgan fingerprint density at radius 1 is 1.29 bits per heavy atom. The van der Waals surface area contributed by atoms with Crippen molar-refractivity contribution in [2.24, 2.45) is 11.8 Å². The van der Waals surface area contributed by atoms with Gasteiger partial charge in [-0.15, -0.1) is 0 Å². The molecule has 2 amide bonds. The molecule has 1 aliphatic carbocycles. The van der Waals surface area contributed by atoms with Crippen molar-refractivity contribution in [1.82, 2.24) is 10.2 Å². The predicted molar refractivity (Wildman–Crippen MR) is 119 cm³/mol. The van der Waals surface area contributed by atoms with Gasteiger partial charge < -0.3 is 19.7 Å². The third-order valence-corrected chi connectivity index (χ3v) is 7.34. The molecule has 0 aromatic heterocycles. The Hall–Kier alpha value is -2.08. The predicted octanol–water partition coefficient (Wildman–Crippen LogP) is 3.85. The Labute approximate surface area is 185 Å². The van der Waals surface area contributed by atoms with E-state index >= 15 is 0 Å². The molecule has 4 rings (SSSR count). The van der Waals surface area contributed by atoms with Crippen LogP contribution in [0.5, 0.6) is 5.75 Å². The fraction of sp³-hybridized carbons (Fsp3) is 0.680. The largest absolute Gasteiger partial charge is 0.492 e. The molecular formula is C25H36N2O4. The van der Waals surface area contributed by atoms with Gasteiger partial charge in [-0.2, -0.15) is 0 Å².